The summed E-state index contributed by atoms with van der Waals surface area (Å²) in [4.78, 5) is 0. The molecule has 0 aliphatic carbocycles. The van der Waals surface area contributed by atoms with Gasteiger partial charge in [0.2, 0.25) is 0 Å². The van der Waals surface area contributed by atoms with Crippen molar-refractivity contribution in [3.63, 3.8) is 0 Å². The fourth-order valence-corrected chi connectivity index (χ4v) is 2.96. The Balaban J connectivity index is 1.56. The maximum Gasteiger partial charge on any atom is 0.123 e. The Morgan fingerprint density at radius 2 is 2.24 bits per heavy atom. The molecular weight excluding hydrogens is 286 g/mol. The van der Waals surface area contributed by atoms with Crippen molar-refractivity contribution in [3.05, 3.63) is 46.2 Å². The summed E-state index contributed by atoms with van der Waals surface area (Å²) in [5, 5.41) is 8.63. The topological polar surface area (TPSA) is 39.1 Å². The predicted octanol–water partition coefficient (Wildman–Crippen LogP) is 2.96. The fraction of sp³-hybridized carbons (Fsp3) is 0.438. The molecule has 2 heterocycles. The minimum atomic E-state index is 0.195. The largest absolute Gasteiger partial charge is 0.488 e. The van der Waals surface area contributed by atoms with Gasteiger partial charge in [-0.15, -0.1) is 0 Å². The highest BCUT2D eigenvalue weighted by Crippen LogP contribution is 2.28. The molecule has 21 heavy (non-hydrogen) atoms. The van der Waals surface area contributed by atoms with Crippen molar-refractivity contribution in [3.8, 4) is 5.75 Å². The van der Waals surface area contributed by atoms with Gasteiger partial charge < -0.3 is 10.1 Å². The van der Waals surface area contributed by atoms with Gasteiger partial charge in [0.15, 0.2) is 0 Å². The highest BCUT2D eigenvalue weighted by Gasteiger charge is 2.22. The number of benzene rings is 1. The first-order valence-electron chi connectivity index (χ1n) is 7.36. The highest BCUT2D eigenvalue weighted by molar-refractivity contribution is 6.31. The van der Waals surface area contributed by atoms with Crippen LogP contribution >= 0.6 is 11.6 Å². The summed E-state index contributed by atoms with van der Waals surface area (Å²) in [6, 6.07) is 8.22. The van der Waals surface area contributed by atoms with Crippen LogP contribution in [0.4, 0.5) is 0 Å². The molecule has 4 nitrogen and oxygen atoms in total. The molecule has 0 amide bonds. The first-order chi connectivity index (χ1) is 10.2. The molecule has 0 saturated carbocycles. The number of nitrogens with one attached hydrogen (secondary N) is 1. The molecule has 1 aliphatic heterocycles. The van der Waals surface area contributed by atoms with Gasteiger partial charge in [0.05, 0.1) is 16.4 Å². The van der Waals surface area contributed by atoms with Gasteiger partial charge in [0.25, 0.3) is 0 Å². The van der Waals surface area contributed by atoms with Crippen molar-refractivity contribution in [2.24, 2.45) is 0 Å². The number of halogens is 1. The molecule has 1 unspecified atom stereocenters. The van der Waals surface area contributed by atoms with Crippen LogP contribution in [-0.4, -0.2) is 22.4 Å². The number of hydrogen-bond acceptors (Lipinski definition) is 3. The summed E-state index contributed by atoms with van der Waals surface area (Å²) < 4.78 is 7.87. The molecule has 112 valence electrons. The molecule has 0 radical (unpaired) electrons. The molecular formula is C16H20ClN3O. The molecule has 1 N–H and O–H groups in total. The lowest BCUT2D eigenvalue weighted by atomic mass is 10.1. The van der Waals surface area contributed by atoms with E-state index in [0.29, 0.717) is 6.54 Å². The van der Waals surface area contributed by atoms with E-state index in [2.05, 4.69) is 29.5 Å². The normalized spacial score (nSPS) is 16.8. The number of hydrogen-bond donors (Lipinski definition) is 1. The van der Waals surface area contributed by atoms with Crippen LogP contribution < -0.4 is 10.1 Å². The summed E-state index contributed by atoms with van der Waals surface area (Å²) in [5.74, 6) is 1.01. The molecule has 1 atom stereocenters. The molecule has 5 heteroatoms. The van der Waals surface area contributed by atoms with Crippen LogP contribution in [0.1, 0.15) is 23.9 Å². The Morgan fingerprint density at radius 1 is 1.43 bits per heavy atom. The van der Waals surface area contributed by atoms with Crippen molar-refractivity contribution in [2.75, 3.05) is 6.54 Å². The standard InChI is InChI=1S/C16H20ClN3O/c1-3-20-14(16(17)11(2)19-20)10-18-9-13-8-12-6-4-5-7-15(12)21-13/h4-7,13,18H,3,8-10H2,1-2H3. The zero-order valence-corrected chi connectivity index (χ0v) is 13.2. The lowest BCUT2D eigenvalue weighted by Gasteiger charge is -2.12. The zero-order chi connectivity index (χ0) is 14.8. The summed E-state index contributed by atoms with van der Waals surface area (Å²) in [7, 11) is 0. The van der Waals surface area contributed by atoms with Gasteiger partial charge in [-0.3, -0.25) is 4.68 Å². The zero-order valence-electron chi connectivity index (χ0n) is 12.4. The molecule has 3 rings (SSSR count). The van der Waals surface area contributed by atoms with E-state index in [1.165, 1.54) is 5.56 Å². The summed E-state index contributed by atoms with van der Waals surface area (Å²) in [5.41, 5.74) is 3.23. The predicted molar refractivity (Wildman–Crippen MR) is 83.9 cm³/mol. The second kappa shape index (κ2) is 6.08. The van der Waals surface area contributed by atoms with E-state index in [-0.39, 0.29) is 6.10 Å². The maximum absolute atomic E-state index is 6.31. The van der Waals surface area contributed by atoms with Crippen LogP contribution in [0.25, 0.3) is 0 Å². The SMILES string of the molecule is CCn1nc(C)c(Cl)c1CNCC1Cc2ccccc2O1. The molecule has 0 spiro atoms. The molecule has 1 aliphatic rings. The van der Waals surface area contributed by atoms with E-state index >= 15 is 0 Å². The average Bonchev–Trinajstić information content (AvgIpc) is 3.02. The van der Waals surface area contributed by atoms with Gasteiger partial charge in [0.1, 0.15) is 11.9 Å². The lowest BCUT2D eigenvalue weighted by molar-refractivity contribution is 0.227. The Labute approximate surface area is 130 Å². The molecule has 0 saturated heterocycles. The van der Waals surface area contributed by atoms with Crippen molar-refractivity contribution in [1.29, 1.82) is 0 Å². The first kappa shape index (κ1) is 14.4. The van der Waals surface area contributed by atoms with Crippen molar-refractivity contribution in [1.82, 2.24) is 15.1 Å². The van der Waals surface area contributed by atoms with Gasteiger partial charge in [-0.2, -0.15) is 5.10 Å². The van der Waals surface area contributed by atoms with Crippen LogP contribution in [-0.2, 0) is 19.5 Å². The van der Waals surface area contributed by atoms with E-state index in [9.17, 15) is 0 Å². The van der Waals surface area contributed by atoms with Crippen LogP contribution in [0.2, 0.25) is 5.02 Å². The Morgan fingerprint density at radius 3 is 3.00 bits per heavy atom. The van der Waals surface area contributed by atoms with Crippen molar-refractivity contribution in [2.45, 2.75) is 39.5 Å². The van der Waals surface area contributed by atoms with E-state index < -0.39 is 0 Å². The summed E-state index contributed by atoms with van der Waals surface area (Å²) in [6.07, 6.45) is 1.16. The number of nitrogens with zero attached hydrogens (tertiary/aromatic N) is 2. The van der Waals surface area contributed by atoms with Crippen LogP contribution in [0.5, 0.6) is 5.75 Å². The minimum Gasteiger partial charge on any atom is -0.488 e. The smallest absolute Gasteiger partial charge is 0.123 e. The number of ether oxygens (including phenoxy) is 1. The van der Waals surface area contributed by atoms with Gasteiger partial charge in [-0.1, -0.05) is 29.8 Å². The number of para-hydroxylation sites is 1. The van der Waals surface area contributed by atoms with E-state index in [0.717, 1.165) is 41.7 Å². The van der Waals surface area contributed by atoms with Crippen LogP contribution in [0, 0.1) is 6.92 Å². The van der Waals surface area contributed by atoms with Crippen LogP contribution in [0.15, 0.2) is 24.3 Å². The third kappa shape index (κ3) is 2.92. The third-order valence-electron chi connectivity index (χ3n) is 3.83. The third-order valence-corrected chi connectivity index (χ3v) is 4.32. The van der Waals surface area contributed by atoms with E-state index in [1.807, 2.05) is 23.7 Å². The molecule has 1 aromatic carbocycles. The maximum atomic E-state index is 6.31. The van der Waals surface area contributed by atoms with Gasteiger partial charge in [0, 0.05) is 26.1 Å². The lowest BCUT2D eigenvalue weighted by Crippen LogP contribution is -2.30. The van der Waals surface area contributed by atoms with Crippen molar-refractivity contribution < 1.29 is 4.74 Å². The molecule has 0 fully saturated rings. The second-order valence-corrected chi connectivity index (χ2v) is 5.72. The van der Waals surface area contributed by atoms with E-state index in [1.54, 1.807) is 0 Å². The Kier molecular flexibility index (Phi) is 4.17. The number of aromatic nitrogens is 2. The van der Waals surface area contributed by atoms with Gasteiger partial charge in [-0.25, -0.2) is 0 Å². The summed E-state index contributed by atoms with van der Waals surface area (Å²) >= 11 is 6.31. The monoisotopic (exact) mass is 305 g/mol. The second-order valence-electron chi connectivity index (χ2n) is 5.34. The number of aryl methyl sites for hydroxylation is 2. The quantitative estimate of drug-likeness (QED) is 0.923. The van der Waals surface area contributed by atoms with Crippen LogP contribution in [0.3, 0.4) is 0 Å². The molecule has 1 aromatic heterocycles. The Bertz CT molecular complexity index is 613. The Hall–Kier alpha value is -1.52. The van der Waals surface area contributed by atoms with Gasteiger partial charge >= 0.3 is 0 Å². The number of rotatable bonds is 5. The first-order valence-corrected chi connectivity index (χ1v) is 7.74. The fourth-order valence-electron chi connectivity index (χ4n) is 2.76. The highest BCUT2D eigenvalue weighted by atomic mass is 35.5. The molecule has 2 aromatic rings. The van der Waals surface area contributed by atoms with Gasteiger partial charge in [-0.05, 0) is 25.5 Å². The minimum absolute atomic E-state index is 0.195. The average molecular weight is 306 g/mol. The molecule has 0 bridgehead atoms. The number of fused-ring (bicyclic) bond motifs is 1. The summed E-state index contributed by atoms with van der Waals surface area (Å²) in [6.45, 7) is 6.36. The van der Waals surface area contributed by atoms with E-state index in [4.69, 9.17) is 16.3 Å². The van der Waals surface area contributed by atoms with Crippen molar-refractivity contribution >= 4 is 11.6 Å².